The van der Waals surface area contributed by atoms with Gasteiger partial charge in [0, 0.05) is 12.8 Å². The Kier molecular flexibility index (Phi) is 5.08. The Balaban J connectivity index is 1.55. The largest absolute Gasteiger partial charge is 0.493 e. The highest BCUT2D eigenvalue weighted by Crippen LogP contribution is 2.32. The van der Waals surface area contributed by atoms with Gasteiger partial charge in [-0.2, -0.15) is 0 Å². The number of carboxylic acid groups (broad SMARTS) is 1. The molecule has 25 heavy (non-hydrogen) atoms. The van der Waals surface area contributed by atoms with Crippen LogP contribution in [0.25, 0.3) is 0 Å². The smallest absolute Gasteiger partial charge is 0.307 e. The number of amides is 1. The molecule has 0 aliphatic heterocycles. The third kappa shape index (κ3) is 4.21. The van der Waals surface area contributed by atoms with Crippen LogP contribution in [0.5, 0.6) is 5.75 Å². The lowest BCUT2D eigenvalue weighted by atomic mass is 9.90. The number of ketones is 1. The molecule has 3 rings (SSSR count). The first-order valence-electron chi connectivity index (χ1n) is 7.76. The molecule has 0 fully saturated rings. The molecule has 0 spiro atoms. The molecule has 1 unspecified atom stereocenters. The van der Waals surface area contributed by atoms with Crippen molar-refractivity contribution >= 4 is 34.1 Å². The minimum atomic E-state index is -1.00. The van der Waals surface area contributed by atoms with Crippen LogP contribution in [0.3, 0.4) is 0 Å². The van der Waals surface area contributed by atoms with Gasteiger partial charge in [0.05, 0.1) is 29.5 Å². The number of nitrogens with one attached hydrogen (secondary N) is 1. The molecule has 1 atom stereocenters. The van der Waals surface area contributed by atoms with Crippen LogP contribution in [0.1, 0.15) is 28.2 Å². The zero-order valence-electron chi connectivity index (χ0n) is 13.2. The number of carbonyl (C=O) groups excluding carboxylic acids is 2. The molecular weight excluding hydrogens is 344 g/mol. The molecule has 1 aromatic heterocycles. The van der Waals surface area contributed by atoms with Crippen molar-refractivity contribution < 1.29 is 24.2 Å². The number of fused-ring (bicyclic) bond motifs is 1. The summed E-state index contributed by atoms with van der Waals surface area (Å²) in [5.41, 5.74) is 0.449. The number of para-hydroxylation sites is 1. The van der Waals surface area contributed by atoms with E-state index in [-0.39, 0.29) is 37.6 Å². The molecule has 1 aromatic carbocycles. The minimum Gasteiger partial charge on any atom is -0.493 e. The lowest BCUT2D eigenvalue weighted by Gasteiger charge is -2.15. The number of thiazole rings is 1. The van der Waals surface area contributed by atoms with E-state index in [1.807, 2.05) is 18.2 Å². The van der Waals surface area contributed by atoms with Crippen molar-refractivity contribution in [3.8, 4) is 5.75 Å². The Bertz CT molecular complexity index is 803. The second-order valence-corrected chi connectivity index (χ2v) is 6.62. The number of rotatable bonds is 6. The second-order valence-electron chi connectivity index (χ2n) is 5.62. The van der Waals surface area contributed by atoms with Crippen LogP contribution in [0.4, 0.5) is 5.13 Å². The van der Waals surface area contributed by atoms with E-state index in [2.05, 4.69) is 10.3 Å². The van der Waals surface area contributed by atoms with Crippen LogP contribution in [-0.2, 0) is 16.0 Å². The number of carboxylic acids is 1. The highest BCUT2D eigenvalue weighted by molar-refractivity contribution is 7.17. The number of benzene rings is 1. The molecule has 8 heteroatoms. The molecule has 0 radical (unpaired) electrons. The highest BCUT2D eigenvalue weighted by Gasteiger charge is 2.32. The van der Waals surface area contributed by atoms with Crippen LogP contribution in [0, 0.1) is 5.92 Å². The number of hydrogen-bond acceptors (Lipinski definition) is 6. The topological polar surface area (TPSA) is 106 Å². The van der Waals surface area contributed by atoms with Gasteiger partial charge in [-0.15, -0.1) is 0 Å². The van der Waals surface area contributed by atoms with Crippen molar-refractivity contribution in [2.24, 2.45) is 5.92 Å². The molecule has 0 bridgehead atoms. The van der Waals surface area contributed by atoms with Gasteiger partial charge in [0.1, 0.15) is 5.75 Å². The number of Topliss-reactive ketones (excluding diaryl/α,β-unsaturated/α-hetero) is 1. The van der Waals surface area contributed by atoms with Gasteiger partial charge in [-0.05, 0) is 12.1 Å². The van der Waals surface area contributed by atoms with Crippen LogP contribution in [-0.4, -0.2) is 34.4 Å². The molecular formula is C17H16N2O5S. The Morgan fingerprint density at radius 3 is 2.76 bits per heavy atom. The van der Waals surface area contributed by atoms with Crippen LogP contribution in [0.15, 0.2) is 30.3 Å². The lowest BCUT2D eigenvalue weighted by Crippen LogP contribution is -2.25. The molecule has 1 amide bonds. The first-order chi connectivity index (χ1) is 12.0. The number of aromatic nitrogens is 1. The van der Waals surface area contributed by atoms with E-state index < -0.39 is 11.9 Å². The number of aliphatic carboxylic acids is 1. The summed E-state index contributed by atoms with van der Waals surface area (Å²) in [4.78, 5) is 39.7. The quantitative estimate of drug-likeness (QED) is 0.819. The third-order valence-corrected chi connectivity index (χ3v) is 4.81. The summed E-state index contributed by atoms with van der Waals surface area (Å²) in [6, 6.07) is 9.17. The van der Waals surface area contributed by atoms with Crippen molar-refractivity contribution in [3.05, 3.63) is 40.9 Å². The first-order valence-corrected chi connectivity index (χ1v) is 8.58. The Labute approximate surface area is 147 Å². The zero-order chi connectivity index (χ0) is 17.8. The van der Waals surface area contributed by atoms with Crippen LogP contribution in [0.2, 0.25) is 0 Å². The van der Waals surface area contributed by atoms with Crippen molar-refractivity contribution in [1.29, 1.82) is 0 Å². The second kappa shape index (κ2) is 7.43. The fraction of sp³-hybridized carbons (Fsp3) is 0.294. The summed E-state index contributed by atoms with van der Waals surface area (Å²) < 4.78 is 5.46. The number of carbonyl (C=O) groups is 3. The van der Waals surface area contributed by atoms with Crippen LogP contribution < -0.4 is 10.1 Å². The lowest BCUT2D eigenvalue weighted by molar-refractivity contribution is -0.141. The molecule has 2 N–H and O–H groups in total. The maximum atomic E-state index is 12.0. The molecule has 0 saturated carbocycles. The summed E-state index contributed by atoms with van der Waals surface area (Å²) in [5.74, 6) is -1.57. The van der Waals surface area contributed by atoms with Gasteiger partial charge in [-0.25, -0.2) is 4.98 Å². The fourth-order valence-electron chi connectivity index (χ4n) is 2.52. The number of nitrogens with zero attached hydrogens (tertiary/aromatic N) is 1. The molecule has 1 heterocycles. The minimum absolute atomic E-state index is 0.0250. The SMILES string of the molecule is O=C(CCOc1ccccc1)Nc1nc2c(s1)C(=O)CC(C(=O)O)C2. The number of ether oxygens (including phenoxy) is 1. The molecule has 0 saturated heterocycles. The van der Waals surface area contributed by atoms with Crippen molar-refractivity contribution in [2.45, 2.75) is 19.3 Å². The van der Waals surface area contributed by atoms with Gasteiger partial charge in [0.15, 0.2) is 10.9 Å². The van der Waals surface area contributed by atoms with Gasteiger partial charge in [0.2, 0.25) is 5.91 Å². The Hall–Kier alpha value is -2.74. The summed E-state index contributed by atoms with van der Waals surface area (Å²) >= 11 is 1.09. The molecule has 1 aliphatic carbocycles. The van der Waals surface area contributed by atoms with Crippen molar-refractivity contribution in [1.82, 2.24) is 4.98 Å². The maximum absolute atomic E-state index is 12.0. The van der Waals surface area contributed by atoms with Gasteiger partial charge < -0.3 is 15.2 Å². The highest BCUT2D eigenvalue weighted by atomic mass is 32.1. The standard InChI is InChI=1S/C17H16N2O5S/c20-13-9-10(16(22)23)8-12-15(13)25-17(18-12)19-14(21)6-7-24-11-4-2-1-3-5-11/h1-5,10H,6-9H2,(H,22,23)(H,18,19,21). The molecule has 2 aromatic rings. The van der Waals surface area contributed by atoms with Crippen LogP contribution >= 0.6 is 11.3 Å². The monoisotopic (exact) mass is 360 g/mol. The van der Waals surface area contributed by atoms with E-state index in [9.17, 15) is 14.4 Å². The number of anilines is 1. The number of hydrogen-bond donors (Lipinski definition) is 2. The van der Waals surface area contributed by atoms with E-state index in [1.54, 1.807) is 12.1 Å². The average molecular weight is 360 g/mol. The van der Waals surface area contributed by atoms with Gasteiger partial charge in [0.25, 0.3) is 0 Å². The average Bonchev–Trinajstić information content (AvgIpc) is 2.98. The summed E-state index contributed by atoms with van der Waals surface area (Å²) in [5, 5.41) is 12.0. The van der Waals surface area contributed by atoms with Crippen molar-refractivity contribution in [3.63, 3.8) is 0 Å². The van der Waals surface area contributed by atoms with E-state index in [4.69, 9.17) is 9.84 Å². The molecule has 1 aliphatic rings. The summed E-state index contributed by atoms with van der Waals surface area (Å²) in [6.45, 7) is 0.223. The zero-order valence-corrected chi connectivity index (χ0v) is 14.0. The van der Waals surface area contributed by atoms with E-state index in [0.717, 1.165) is 11.3 Å². The molecule has 7 nitrogen and oxygen atoms in total. The van der Waals surface area contributed by atoms with E-state index >= 15 is 0 Å². The fourth-order valence-corrected chi connectivity index (χ4v) is 3.48. The van der Waals surface area contributed by atoms with Gasteiger partial charge in [-0.1, -0.05) is 29.5 Å². The first kappa shape index (κ1) is 17.1. The predicted molar refractivity (Wildman–Crippen MR) is 91.1 cm³/mol. The Morgan fingerprint density at radius 2 is 2.04 bits per heavy atom. The Morgan fingerprint density at radius 1 is 1.28 bits per heavy atom. The van der Waals surface area contributed by atoms with Gasteiger partial charge >= 0.3 is 5.97 Å². The van der Waals surface area contributed by atoms with Gasteiger partial charge in [-0.3, -0.25) is 14.4 Å². The third-order valence-electron chi connectivity index (χ3n) is 3.76. The van der Waals surface area contributed by atoms with E-state index in [1.165, 1.54) is 0 Å². The summed E-state index contributed by atoms with van der Waals surface area (Å²) in [6.07, 6.45) is 0.327. The maximum Gasteiger partial charge on any atom is 0.307 e. The summed E-state index contributed by atoms with van der Waals surface area (Å²) in [7, 11) is 0. The normalized spacial score (nSPS) is 16.2. The van der Waals surface area contributed by atoms with E-state index in [0.29, 0.717) is 21.5 Å². The van der Waals surface area contributed by atoms with Crippen molar-refractivity contribution in [2.75, 3.05) is 11.9 Å². The predicted octanol–water partition coefficient (Wildman–Crippen LogP) is 2.38. The molecule has 130 valence electrons.